The van der Waals surface area contributed by atoms with Gasteiger partial charge in [0.05, 0.1) is 19.3 Å². The van der Waals surface area contributed by atoms with Crippen molar-refractivity contribution in [2.24, 2.45) is 4.99 Å². The Kier molecular flexibility index (Phi) is 13.3. The van der Waals surface area contributed by atoms with E-state index in [4.69, 9.17) is 9.47 Å². The van der Waals surface area contributed by atoms with Crippen molar-refractivity contribution in [2.75, 3.05) is 40.0 Å². The number of benzene rings is 1. The highest BCUT2D eigenvalue weighted by molar-refractivity contribution is 14.0. The number of hydrogen-bond acceptors (Lipinski definition) is 4. The molecule has 2 N–H and O–H groups in total. The predicted octanol–water partition coefficient (Wildman–Crippen LogP) is 3.63. The van der Waals surface area contributed by atoms with E-state index in [9.17, 15) is 13.2 Å². The number of aliphatic imine (C=N–C) groups is 1. The van der Waals surface area contributed by atoms with Gasteiger partial charge in [-0.1, -0.05) is 24.3 Å². The van der Waals surface area contributed by atoms with Crippen LogP contribution in [0.4, 0.5) is 13.2 Å². The molecule has 6 nitrogen and oxygen atoms in total. The molecule has 0 bridgehead atoms. The molecule has 1 heterocycles. The lowest BCUT2D eigenvalue weighted by Gasteiger charge is -2.13. The second kappa shape index (κ2) is 14.8. The fourth-order valence-electron chi connectivity index (χ4n) is 2.82. The third-order valence-electron chi connectivity index (χ3n) is 4.33. The van der Waals surface area contributed by atoms with Gasteiger partial charge in [-0.15, -0.1) is 24.0 Å². The Morgan fingerprint density at radius 2 is 1.90 bits per heavy atom. The molecule has 0 aromatic heterocycles. The van der Waals surface area contributed by atoms with E-state index in [1.165, 1.54) is 0 Å². The van der Waals surface area contributed by atoms with Crippen molar-refractivity contribution >= 4 is 29.9 Å². The topological polar surface area (TPSA) is 64.1 Å². The van der Waals surface area contributed by atoms with Crippen LogP contribution < -0.4 is 10.6 Å². The average Bonchev–Trinajstić information content (AvgIpc) is 3.20. The van der Waals surface area contributed by atoms with E-state index < -0.39 is 12.8 Å². The van der Waals surface area contributed by atoms with Crippen molar-refractivity contribution in [2.45, 2.75) is 44.7 Å². The van der Waals surface area contributed by atoms with Gasteiger partial charge in [-0.2, -0.15) is 13.2 Å². The van der Waals surface area contributed by atoms with Gasteiger partial charge in [0, 0.05) is 33.4 Å². The van der Waals surface area contributed by atoms with Crippen LogP contribution in [0.1, 0.15) is 30.4 Å². The maximum Gasteiger partial charge on any atom is 0.411 e. The molecule has 0 amide bonds. The van der Waals surface area contributed by atoms with E-state index in [1.54, 1.807) is 19.2 Å². The summed E-state index contributed by atoms with van der Waals surface area (Å²) in [4.78, 5) is 4.17. The number of nitrogens with zero attached hydrogens (tertiary/aromatic N) is 1. The molecule has 1 aromatic rings. The molecule has 1 unspecified atom stereocenters. The van der Waals surface area contributed by atoms with Crippen LogP contribution in [0.2, 0.25) is 0 Å². The lowest BCUT2D eigenvalue weighted by Crippen LogP contribution is -2.37. The maximum absolute atomic E-state index is 12.1. The Bertz CT molecular complexity index is 610. The molecule has 1 saturated heterocycles. The Morgan fingerprint density at radius 3 is 2.53 bits per heavy atom. The standard InChI is InChI=1S/C20H30F3N3O3.HI/c1-24-19(25-9-3-10-27-14-18-4-2-11-29-18)26-12-16-5-7-17(8-6-16)13-28-15-20(21,22)23;/h5-8,18H,2-4,9-15H2,1H3,(H2,24,25,26);1H. The zero-order chi connectivity index (χ0) is 21.0. The number of halogens is 4. The van der Waals surface area contributed by atoms with Gasteiger partial charge in [-0.25, -0.2) is 0 Å². The summed E-state index contributed by atoms with van der Waals surface area (Å²) in [6, 6.07) is 7.22. The first-order valence-electron chi connectivity index (χ1n) is 9.82. The molecule has 0 spiro atoms. The molecular weight excluding hydrogens is 514 g/mol. The fourth-order valence-corrected chi connectivity index (χ4v) is 2.82. The summed E-state index contributed by atoms with van der Waals surface area (Å²) in [5.74, 6) is 0.682. The molecule has 0 aliphatic carbocycles. The molecular formula is C20H31F3IN3O3. The van der Waals surface area contributed by atoms with E-state index in [-0.39, 0.29) is 36.7 Å². The van der Waals surface area contributed by atoms with E-state index in [0.29, 0.717) is 31.3 Å². The third kappa shape index (κ3) is 11.9. The molecule has 1 fully saturated rings. The first kappa shape index (κ1) is 26.9. The van der Waals surface area contributed by atoms with Crippen molar-refractivity contribution in [3.8, 4) is 0 Å². The Morgan fingerprint density at radius 1 is 1.17 bits per heavy atom. The molecule has 0 saturated carbocycles. The molecule has 1 aliphatic rings. The number of nitrogens with one attached hydrogen (secondary N) is 2. The number of alkyl halides is 3. The molecule has 2 rings (SSSR count). The van der Waals surface area contributed by atoms with Gasteiger partial charge in [0.15, 0.2) is 5.96 Å². The average molecular weight is 545 g/mol. The normalized spacial score (nSPS) is 16.9. The van der Waals surface area contributed by atoms with Gasteiger partial charge in [-0.05, 0) is 30.4 Å². The minimum Gasteiger partial charge on any atom is -0.379 e. The highest BCUT2D eigenvalue weighted by Gasteiger charge is 2.27. The fraction of sp³-hybridized carbons (Fsp3) is 0.650. The Balaban J connectivity index is 0.00000450. The van der Waals surface area contributed by atoms with Gasteiger partial charge < -0.3 is 24.8 Å². The van der Waals surface area contributed by atoms with Crippen LogP contribution in [0.5, 0.6) is 0 Å². The zero-order valence-corrected chi connectivity index (χ0v) is 19.5. The molecule has 1 atom stereocenters. The summed E-state index contributed by atoms with van der Waals surface area (Å²) in [6.45, 7) is 2.15. The molecule has 10 heteroatoms. The third-order valence-corrected chi connectivity index (χ3v) is 4.33. The van der Waals surface area contributed by atoms with Crippen LogP contribution in [-0.4, -0.2) is 58.3 Å². The van der Waals surface area contributed by atoms with Crippen molar-refractivity contribution < 1.29 is 27.4 Å². The summed E-state index contributed by atoms with van der Waals surface area (Å²) in [6.07, 6.45) is -0.994. The molecule has 30 heavy (non-hydrogen) atoms. The van der Waals surface area contributed by atoms with Crippen molar-refractivity contribution in [1.82, 2.24) is 10.6 Å². The molecule has 1 aromatic carbocycles. The monoisotopic (exact) mass is 545 g/mol. The van der Waals surface area contributed by atoms with Gasteiger partial charge in [0.25, 0.3) is 0 Å². The summed E-state index contributed by atoms with van der Waals surface area (Å²) >= 11 is 0. The highest BCUT2D eigenvalue weighted by Crippen LogP contribution is 2.16. The Hall–Kier alpha value is -1.11. The van der Waals surface area contributed by atoms with Gasteiger partial charge in [0.2, 0.25) is 0 Å². The van der Waals surface area contributed by atoms with Crippen LogP contribution >= 0.6 is 24.0 Å². The predicted molar refractivity (Wildman–Crippen MR) is 120 cm³/mol. The van der Waals surface area contributed by atoms with Crippen LogP contribution in [0.3, 0.4) is 0 Å². The summed E-state index contributed by atoms with van der Waals surface area (Å²) in [5, 5.41) is 6.42. The lowest BCUT2D eigenvalue weighted by molar-refractivity contribution is -0.176. The van der Waals surface area contributed by atoms with Crippen LogP contribution in [-0.2, 0) is 27.4 Å². The molecule has 1 aliphatic heterocycles. The number of guanidine groups is 1. The smallest absolute Gasteiger partial charge is 0.379 e. The van der Waals surface area contributed by atoms with E-state index in [1.807, 2.05) is 12.1 Å². The lowest BCUT2D eigenvalue weighted by atomic mass is 10.1. The highest BCUT2D eigenvalue weighted by atomic mass is 127. The summed E-state index contributed by atoms with van der Waals surface area (Å²) in [5.41, 5.74) is 1.69. The first-order valence-corrected chi connectivity index (χ1v) is 9.82. The summed E-state index contributed by atoms with van der Waals surface area (Å²) in [7, 11) is 1.70. The minimum atomic E-state index is -4.30. The van der Waals surface area contributed by atoms with Gasteiger partial charge in [0.1, 0.15) is 6.61 Å². The number of ether oxygens (including phenoxy) is 3. The van der Waals surface area contributed by atoms with Crippen LogP contribution in [0, 0.1) is 0 Å². The van der Waals surface area contributed by atoms with Crippen LogP contribution in [0.15, 0.2) is 29.3 Å². The van der Waals surface area contributed by atoms with E-state index >= 15 is 0 Å². The SMILES string of the molecule is CN=C(NCCCOCC1CCCO1)NCc1ccc(COCC(F)(F)F)cc1.I. The van der Waals surface area contributed by atoms with Crippen molar-refractivity contribution in [3.63, 3.8) is 0 Å². The second-order valence-corrected chi connectivity index (χ2v) is 6.84. The largest absolute Gasteiger partial charge is 0.411 e. The van der Waals surface area contributed by atoms with E-state index in [2.05, 4.69) is 20.4 Å². The van der Waals surface area contributed by atoms with E-state index in [0.717, 1.165) is 38.0 Å². The second-order valence-electron chi connectivity index (χ2n) is 6.84. The quantitative estimate of drug-likeness (QED) is 0.193. The first-order chi connectivity index (χ1) is 14.0. The van der Waals surface area contributed by atoms with Crippen molar-refractivity contribution in [3.05, 3.63) is 35.4 Å². The van der Waals surface area contributed by atoms with Gasteiger partial charge >= 0.3 is 6.18 Å². The van der Waals surface area contributed by atoms with Crippen molar-refractivity contribution in [1.29, 1.82) is 0 Å². The molecule has 0 radical (unpaired) electrons. The summed E-state index contributed by atoms with van der Waals surface area (Å²) < 4.78 is 52.0. The minimum absolute atomic E-state index is 0. The van der Waals surface area contributed by atoms with Crippen LogP contribution in [0.25, 0.3) is 0 Å². The Labute approximate surface area is 193 Å². The number of rotatable bonds is 11. The zero-order valence-electron chi connectivity index (χ0n) is 17.2. The van der Waals surface area contributed by atoms with Gasteiger partial charge in [-0.3, -0.25) is 4.99 Å². The maximum atomic E-state index is 12.1. The number of hydrogen-bond donors (Lipinski definition) is 2. The molecule has 172 valence electrons.